The summed E-state index contributed by atoms with van der Waals surface area (Å²) in [7, 11) is 0. The summed E-state index contributed by atoms with van der Waals surface area (Å²) in [6.07, 6.45) is 2.79. The number of halogens is 1. The lowest BCUT2D eigenvalue weighted by atomic mass is 9.79. The molecule has 0 unspecified atom stereocenters. The molecule has 194 valence electrons. The highest BCUT2D eigenvalue weighted by Gasteiger charge is 2.29. The zero-order valence-electron chi connectivity index (χ0n) is 22.4. The SMILES string of the molecule is CCOC(=O)Cc1c(C)c2c(c(C)c1-c1cc(F)c3c(c1C)CCCO3)CN(Cc1ccccc1)CC2. The fourth-order valence-electron chi connectivity index (χ4n) is 6.16. The molecule has 5 heteroatoms. The van der Waals surface area contributed by atoms with Crippen molar-refractivity contribution in [3.05, 3.63) is 86.7 Å². The maximum Gasteiger partial charge on any atom is 0.310 e. The summed E-state index contributed by atoms with van der Waals surface area (Å²) in [5, 5.41) is 0. The predicted octanol–water partition coefficient (Wildman–Crippen LogP) is 6.41. The normalized spacial score (nSPS) is 15.1. The van der Waals surface area contributed by atoms with Crippen molar-refractivity contribution in [1.82, 2.24) is 4.90 Å². The van der Waals surface area contributed by atoms with Crippen molar-refractivity contribution < 1.29 is 18.7 Å². The molecule has 2 aliphatic heterocycles. The van der Waals surface area contributed by atoms with Crippen LogP contribution in [0.1, 0.15) is 57.9 Å². The monoisotopic (exact) mass is 501 g/mol. The second-order valence-corrected chi connectivity index (χ2v) is 10.3. The predicted molar refractivity (Wildman–Crippen MR) is 144 cm³/mol. The van der Waals surface area contributed by atoms with Crippen LogP contribution >= 0.6 is 0 Å². The van der Waals surface area contributed by atoms with E-state index >= 15 is 4.39 Å². The van der Waals surface area contributed by atoms with Crippen LogP contribution < -0.4 is 4.74 Å². The van der Waals surface area contributed by atoms with Crippen LogP contribution in [0.15, 0.2) is 36.4 Å². The molecule has 2 aliphatic rings. The second kappa shape index (κ2) is 10.7. The third kappa shape index (κ3) is 4.89. The molecule has 5 rings (SSSR count). The molecule has 37 heavy (non-hydrogen) atoms. The average molecular weight is 502 g/mol. The van der Waals surface area contributed by atoms with Crippen LogP contribution in [-0.4, -0.2) is 30.6 Å². The number of fused-ring (bicyclic) bond motifs is 2. The molecular formula is C32H36FNO3. The molecule has 0 atom stereocenters. The maximum absolute atomic E-state index is 15.4. The van der Waals surface area contributed by atoms with Crippen molar-refractivity contribution in [2.24, 2.45) is 0 Å². The summed E-state index contributed by atoms with van der Waals surface area (Å²) < 4.78 is 26.4. The van der Waals surface area contributed by atoms with Gasteiger partial charge in [0.05, 0.1) is 19.6 Å². The van der Waals surface area contributed by atoms with E-state index in [1.807, 2.05) is 13.0 Å². The number of hydrogen-bond donors (Lipinski definition) is 0. The first kappa shape index (κ1) is 25.5. The van der Waals surface area contributed by atoms with Crippen LogP contribution in [-0.2, 0) is 41.9 Å². The summed E-state index contributed by atoms with van der Waals surface area (Å²) >= 11 is 0. The summed E-state index contributed by atoms with van der Waals surface area (Å²) in [4.78, 5) is 15.2. The first-order chi connectivity index (χ1) is 17.9. The fourth-order valence-corrected chi connectivity index (χ4v) is 6.16. The van der Waals surface area contributed by atoms with Gasteiger partial charge in [-0.25, -0.2) is 4.39 Å². The summed E-state index contributed by atoms with van der Waals surface area (Å²) in [5.41, 5.74) is 11.0. The molecule has 0 saturated heterocycles. The largest absolute Gasteiger partial charge is 0.490 e. The lowest BCUT2D eigenvalue weighted by Crippen LogP contribution is -2.32. The molecule has 3 aromatic carbocycles. The van der Waals surface area contributed by atoms with E-state index in [1.165, 1.54) is 16.7 Å². The molecule has 0 spiro atoms. The van der Waals surface area contributed by atoms with Crippen molar-refractivity contribution in [1.29, 1.82) is 0 Å². The minimum Gasteiger partial charge on any atom is -0.490 e. The molecule has 2 heterocycles. The number of hydrogen-bond acceptors (Lipinski definition) is 4. The average Bonchev–Trinajstić information content (AvgIpc) is 2.90. The highest BCUT2D eigenvalue weighted by Crippen LogP contribution is 2.43. The molecule has 0 radical (unpaired) electrons. The number of ether oxygens (including phenoxy) is 2. The number of esters is 1. The number of benzene rings is 3. The third-order valence-electron chi connectivity index (χ3n) is 8.04. The Morgan fingerprint density at radius 1 is 1.03 bits per heavy atom. The smallest absolute Gasteiger partial charge is 0.310 e. The van der Waals surface area contributed by atoms with E-state index in [2.05, 4.69) is 49.9 Å². The first-order valence-electron chi connectivity index (χ1n) is 13.4. The van der Waals surface area contributed by atoms with E-state index in [9.17, 15) is 4.79 Å². The highest BCUT2D eigenvalue weighted by molar-refractivity contribution is 5.84. The van der Waals surface area contributed by atoms with Crippen LogP contribution in [0.2, 0.25) is 0 Å². The van der Waals surface area contributed by atoms with Crippen LogP contribution in [0.4, 0.5) is 4.39 Å². The van der Waals surface area contributed by atoms with Crippen LogP contribution in [0, 0.1) is 26.6 Å². The Kier molecular flexibility index (Phi) is 7.34. The second-order valence-electron chi connectivity index (χ2n) is 10.3. The number of nitrogens with zero attached hydrogens (tertiary/aromatic N) is 1. The van der Waals surface area contributed by atoms with E-state index < -0.39 is 0 Å². The first-order valence-corrected chi connectivity index (χ1v) is 13.4. The van der Waals surface area contributed by atoms with E-state index in [4.69, 9.17) is 9.47 Å². The van der Waals surface area contributed by atoms with Gasteiger partial charge in [-0.1, -0.05) is 30.3 Å². The molecule has 0 saturated carbocycles. The van der Waals surface area contributed by atoms with Gasteiger partial charge in [-0.15, -0.1) is 0 Å². The van der Waals surface area contributed by atoms with Gasteiger partial charge >= 0.3 is 5.97 Å². The molecule has 0 amide bonds. The van der Waals surface area contributed by atoms with Crippen molar-refractivity contribution in [3.63, 3.8) is 0 Å². The van der Waals surface area contributed by atoms with E-state index in [0.717, 1.165) is 77.8 Å². The van der Waals surface area contributed by atoms with Gasteiger partial charge in [0, 0.05) is 25.2 Å². The zero-order chi connectivity index (χ0) is 26.1. The Morgan fingerprint density at radius 2 is 1.81 bits per heavy atom. The number of carbonyl (C=O) groups excluding carboxylic acids is 1. The Hall–Kier alpha value is -3.18. The van der Waals surface area contributed by atoms with Crippen molar-refractivity contribution >= 4 is 5.97 Å². The van der Waals surface area contributed by atoms with Crippen molar-refractivity contribution in [2.45, 2.75) is 66.5 Å². The topological polar surface area (TPSA) is 38.8 Å². The van der Waals surface area contributed by atoms with Crippen LogP contribution in [0.5, 0.6) is 5.75 Å². The molecular weight excluding hydrogens is 465 g/mol. The Bertz CT molecular complexity index is 1330. The Morgan fingerprint density at radius 3 is 2.57 bits per heavy atom. The molecule has 0 bridgehead atoms. The van der Waals surface area contributed by atoms with Gasteiger partial charge in [-0.05, 0) is 103 Å². The van der Waals surface area contributed by atoms with Crippen LogP contribution in [0.3, 0.4) is 0 Å². The van der Waals surface area contributed by atoms with E-state index in [1.54, 1.807) is 6.07 Å². The van der Waals surface area contributed by atoms with Crippen LogP contribution in [0.25, 0.3) is 11.1 Å². The van der Waals surface area contributed by atoms with E-state index in [-0.39, 0.29) is 18.2 Å². The quantitative estimate of drug-likeness (QED) is 0.366. The van der Waals surface area contributed by atoms with Gasteiger partial charge in [0.1, 0.15) is 0 Å². The standard InChI is InChI=1S/C32H36FNO3/c1-5-36-30(35)17-27-20(2)24-13-14-34(18-23-10-7-6-8-11-23)19-28(24)22(4)31(27)26-16-29(33)32-25(21(26)3)12-9-15-37-32/h6-8,10-11,16H,5,9,12-15,17-19H2,1-4H3. The summed E-state index contributed by atoms with van der Waals surface area (Å²) in [6.45, 7) is 11.7. The van der Waals surface area contributed by atoms with E-state index in [0.29, 0.717) is 19.0 Å². The summed E-state index contributed by atoms with van der Waals surface area (Å²) in [5.74, 6) is -0.175. The van der Waals surface area contributed by atoms with Gasteiger partial charge in [-0.3, -0.25) is 9.69 Å². The molecule has 0 fully saturated rings. The lowest BCUT2D eigenvalue weighted by Gasteiger charge is -2.34. The van der Waals surface area contributed by atoms with Gasteiger partial charge in [0.2, 0.25) is 0 Å². The molecule has 0 aliphatic carbocycles. The fraction of sp³-hybridized carbons (Fsp3) is 0.406. The Balaban J connectivity index is 1.65. The van der Waals surface area contributed by atoms with Crippen molar-refractivity contribution in [3.8, 4) is 16.9 Å². The molecule has 0 aromatic heterocycles. The number of rotatable bonds is 6. The minimum atomic E-state index is -0.321. The molecule has 4 nitrogen and oxygen atoms in total. The van der Waals surface area contributed by atoms with Crippen molar-refractivity contribution in [2.75, 3.05) is 19.8 Å². The maximum atomic E-state index is 15.4. The zero-order valence-corrected chi connectivity index (χ0v) is 22.4. The minimum absolute atomic E-state index is 0.186. The van der Waals surface area contributed by atoms with Gasteiger partial charge < -0.3 is 9.47 Å². The summed E-state index contributed by atoms with van der Waals surface area (Å²) in [6, 6.07) is 12.2. The molecule has 0 N–H and O–H groups in total. The Labute approximate surface area is 219 Å². The van der Waals surface area contributed by atoms with Gasteiger partial charge in [0.25, 0.3) is 0 Å². The highest BCUT2D eigenvalue weighted by atomic mass is 19.1. The van der Waals surface area contributed by atoms with Gasteiger partial charge in [-0.2, -0.15) is 0 Å². The van der Waals surface area contributed by atoms with Gasteiger partial charge in [0.15, 0.2) is 11.6 Å². The molecule has 3 aromatic rings. The lowest BCUT2D eigenvalue weighted by molar-refractivity contribution is -0.142. The third-order valence-corrected chi connectivity index (χ3v) is 8.04. The number of carbonyl (C=O) groups is 1.